The van der Waals surface area contributed by atoms with Gasteiger partial charge in [-0.15, -0.1) is 0 Å². The summed E-state index contributed by atoms with van der Waals surface area (Å²) >= 11 is 0. The second-order valence-electron chi connectivity index (χ2n) is 6.58. The molecule has 2 rings (SSSR count). The van der Waals surface area contributed by atoms with Gasteiger partial charge in [-0.25, -0.2) is 0 Å². The first-order chi connectivity index (χ1) is 12.0. The summed E-state index contributed by atoms with van der Waals surface area (Å²) in [5.74, 6) is 0.928. The fourth-order valence-corrected chi connectivity index (χ4v) is 2.87. The normalized spacial score (nSPS) is 18.4. The van der Waals surface area contributed by atoms with E-state index in [-0.39, 0.29) is 17.9 Å². The molecule has 1 aliphatic rings. The zero-order chi connectivity index (χ0) is 18.2. The number of benzene rings is 1. The monoisotopic (exact) mass is 346 g/mol. The number of ether oxygens (including phenoxy) is 1. The molecule has 0 aromatic heterocycles. The number of nitrogens with one attached hydrogen (secondary N) is 2. The molecule has 1 unspecified atom stereocenters. The summed E-state index contributed by atoms with van der Waals surface area (Å²) < 4.78 is 5.97. The van der Waals surface area contributed by atoms with Crippen molar-refractivity contribution in [3.8, 4) is 0 Å². The Labute approximate surface area is 150 Å². The van der Waals surface area contributed by atoms with Gasteiger partial charge in [-0.2, -0.15) is 0 Å². The first-order valence-corrected chi connectivity index (χ1v) is 8.93. The second kappa shape index (κ2) is 9.42. The number of morpholine rings is 1. The lowest BCUT2D eigenvalue weighted by Crippen LogP contribution is -2.49. The summed E-state index contributed by atoms with van der Waals surface area (Å²) in [5, 5.41) is 6.23. The van der Waals surface area contributed by atoms with Gasteiger partial charge in [-0.05, 0) is 18.1 Å². The van der Waals surface area contributed by atoms with Gasteiger partial charge in [0.05, 0.1) is 13.2 Å². The third-order valence-electron chi connectivity index (χ3n) is 4.34. The topological polar surface area (TPSA) is 66.0 Å². The number of amides is 1. The Hall–Kier alpha value is -2.08. The van der Waals surface area contributed by atoms with Gasteiger partial charge in [0.1, 0.15) is 6.10 Å². The number of nitrogens with zero attached hydrogens (tertiary/aromatic N) is 2. The Morgan fingerprint density at radius 1 is 1.32 bits per heavy atom. The lowest BCUT2D eigenvalue weighted by Gasteiger charge is -2.35. The van der Waals surface area contributed by atoms with Gasteiger partial charge in [0, 0.05) is 32.6 Å². The van der Waals surface area contributed by atoms with E-state index in [0.29, 0.717) is 19.7 Å². The Balaban J connectivity index is 1.88. The molecule has 1 fully saturated rings. The molecule has 0 bridgehead atoms. The summed E-state index contributed by atoms with van der Waals surface area (Å²) in [6, 6.07) is 8.34. The highest BCUT2D eigenvalue weighted by atomic mass is 16.5. The molecule has 6 heteroatoms. The minimum absolute atomic E-state index is 0.00780. The maximum absolute atomic E-state index is 11.6. The highest BCUT2D eigenvalue weighted by Crippen LogP contribution is 2.24. The Bertz CT molecular complexity index is 601. The fraction of sp³-hybridized carbons (Fsp3) is 0.579. The van der Waals surface area contributed by atoms with E-state index in [9.17, 15) is 4.79 Å². The van der Waals surface area contributed by atoms with Crippen molar-refractivity contribution in [3.63, 3.8) is 0 Å². The highest BCUT2D eigenvalue weighted by molar-refractivity contribution is 5.80. The quantitative estimate of drug-likeness (QED) is 0.484. The lowest BCUT2D eigenvalue weighted by molar-refractivity contribution is -0.123. The molecule has 6 nitrogen and oxygen atoms in total. The third kappa shape index (κ3) is 5.46. The van der Waals surface area contributed by atoms with Crippen LogP contribution in [0, 0.1) is 12.8 Å². The number of carbonyl (C=O) groups is 1. The molecule has 138 valence electrons. The summed E-state index contributed by atoms with van der Waals surface area (Å²) in [5.41, 5.74) is 2.47. The first kappa shape index (κ1) is 19.2. The molecule has 1 amide bonds. The molecule has 0 radical (unpaired) electrons. The summed E-state index contributed by atoms with van der Waals surface area (Å²) in [6.45, 7) is 9.37. The van der Waals surface area contributed by atoms with E-state index in [1.807, 2.05) is 19.9 Å². The van der Waals surface area contributed by atoms with E-state index in [1.54, 1.807) is 7.05 Å². The van der Waals surface area contributed by atoms with Crippen molar-refractivity contribution < 1.29 is 9.53 Å². The molecule has 1 aromatic rings. The van der Waals surface area contributed by atoms with Crippen molar-refractivity contribution in [2.75, 3.05) is 39.8 Å². The highest BCUT2D eigenvalue weighted by Gasteiger charge is 2.24. The predicted octanol–water partition coefficient (Wildman–Crippen LogP) is 1.72. The van der Waals surface area contributed by atoms with Gasteiger partial charge in [-0.1, -0.05) is 38.1 Å². The van der Waals surface area contributed by atoms with Gasteiger partial charge in [0.2, 0.25) is 5.91 Å². The minimum Gasteiger partial charge on any atom is -0.370 e. The molecule has 1 aromatic carbocycles. The molecule has 0 spiro atoms. The SMILES string of the molecule is CN=C(NCCNC(=O)C(C)C)N1CCOC(c2ccccc2C)C1. The molecule has 0 saturated carbocycles. The average Bonchev–Trinajstić information content (AvgIpc) is 2.62. The first-order valence-electron chi connectivity index (χ1n) is 8.93. The Morgan fingerprint density at radius 2 is 2.04 bits per heavy atom. The maximum Gasteiger partial charge on any atom is 0.222 e. The number of guanidine groups is 1. The molecule has 25 heavy (non-hydrogen) atoms. The summed E-state index contributed by atoms with van der Waals surface area (Å²) in [7, 11) is 1.78. The number of rotatable bonds is 5. The van der Waals surface area contributed by atoms with Crippen LogP contribution < -0.4 is 10.6 Å². The van der Waals surface area contributed by atoms with Crippen LogP contribution in [-0.2, 0) is 9.53 Å². The van der Waals surface area contributed by atoms with E-state index in [0.717, 1.165) is 19.0 Å². The van der Waals surface area contributed by atoms with Crippen molar-refractivity contribution in [1.82, 2.24) is 15.5 Å². The van der Waals surface area contributed by atoms with E-state index < -0.39 is 0 Å². The van der Waals surface area contributed by atoms with Crippen molar-refractivity contribution in [2.24, 2.45) is 10.9 Å². The van der Waals surface area contributed by atoms with E-state index in [2.05, 4.69) is 45.6 Å². The number of hydrogen-bond acceptors (Lipinski definition) is 3. The predicted molar refractivity (Wildman–Crippen MR) is 101 cm³/mol. The van der Waals surface area contributed by atoms with Crippen LogP contribution in [0.15, 0.2) is 29.3 Å². The van der Waals surface area contributed by atoms with E-state index >= 15 is 0 Å². The molecule has 1 heterocycles. The largest absolute Gasteiger partial charge is 0.370 e. The summed E-state index contributed by atoms with van der Waals surface area (Å²) in [6.07, 6.45) is 0.0501. The Morgan fingerprint density at radius 3 is 2.72 bits per heavy atom. The number of hydrogen-bond donors (Lipinski definition) is 2. The van der Waals surface area contributed by atoms with Gasteiger partial charge in [-0.3, -0.25) is 9.79 Å². The molecular formula is C19H30N4O2. The fourth-order valence-electron chi connectivity index (χ4n) is 2.87. The molecular weight excluding hydrogens is 316 g/mol. The molecule has 1 atom stereocenters. The van der Waals surface area contributed by atoms with Crippen LogP contribution in [0.2, 0.25) is 0 Å². The van der Waals surface area contributed by atoms with Gasteiger partial charge >= 0.3 is 0 Å². The van der Waals surface area contributed by atoms with Gasteiger partial charge < -0.3 is 20.3 Å². The van der Waals surface area contributed by atoms with Crippen LogP contribution in [0.25, 0.3) is 0 Å². The molecule has 2 N–H and O–H groups in total. The van der Waals surface area contributed by atoms with Crippen molar-refractivity contribution >= 4 is 11.9 Å². The second-order valence-corrected chi connectivity index (χ2v) is 6.58. The zero-order valence-electron chi connectivity index (χ0n) is 15.7. The van der Waals surface area contributed by atoms with Crippen LogP contribution in [0.3, 0.4) is 0 Å². The summed E-state index contributed by atoms with van der Waals surface area (Å²) in [4.78, 5) is 18.2. The Kier molecular flexibility index (Phi) is 7.25. The molecule has 1 aliphatic heterocycles. The maximum atomic E-state index is 11.6. The van der Waals surface area contributed by atoms with Crippen LogP contribution in [-0.4, -0.2) is 56.6 Å². The zero-order valence-corrected chi connectivity index (χ0v) is 15.7. The van der Waals surface area contributed by atoms with E-state index in [4.69, 9.17) is 4.74 Å². The number of carbonyl (C=O) groups excluding carboxylic acids is 1. The smallest absolute Gasteiger partial charge is 0.222 e. The van der Waals surface area contributed by atoms with Crippen molar-refractivity contribution in [3.05, 3.63) is 35.4 Å². The number of aliphatic imine (C=N–C) groups is 1. The van der Waals surface area contributed by atoms with E-state index in [1.165, 1.54) is 11.1 Å². The average molecular weight is 346 g/mol. The molecule has 1 saturated heterocycles. The minimum atomic E-state index is 0.00780. The van der Waals surface area contributed by atoms with Crippen LogP contribution in [0.1, 0.15) is 31.1 Å². The van der Waals surface area contributed by atoms with Crippen molar-refractivity contribution in [1.29, 1.82) is 0 Å². The third-order valence-corrected chi connectivity index (χ3v) is 4.34. The standard InChI is InChI=1S/C19H30N4O2/c1-14(2)18(24)21-9-10-22-19(20-4)23-11-12-25-17(13-23)16-8-6-5-7-15(16)3/h5-8,14,17H,9-13H2,1-4H3,(H,20,22)(H,21,24). The van der Waals surface area contributed by atoms with Crippen LogP contribution in [0.4, 0.5) is 0 Å². The molecule has 0 aliphatic carbocycles. The van der Waals surface area contributed by atoms with Gasteiger partial charge in [0.15, 0.2) is 5.96 Å². The van der Waals surface area contributed by atoms with Crippen LogP contribution >= 0.6 is 0 Å². The number of aryl methyl sites for hydroxylation is 1. The van der Waals surface area contributed by atoms with Crippen LogP contribution in [0.5, 0.6) is 0 Å². The van der Waals surface area contributed by atoms with Gasteiger partial charge in [0.25, 0.3) is 0 Å². The van der Waals surface area contributed by atoms with Crippen molar-refractivity contribution in [2.45, 2.75) is 26.9 Å². The lowest BCUT2D eigenvalue weighted by atomic mass is 10.0.